The summed E-state index contributed by atoms with van der Waals surface area (Å²) in [5.41, 5.74) is 2.07. The second-order valence-corrected chi connectivity index (χ2v) is 4.89. The normalized spacial score (nSPS) is 15.7. The van der Waals surface area contributed by atoms with Gasteiger partial charge in [-0.1, -0.05) is 19.3 Å². The number of hydrazine groups is 1. The summed E-state index contributed by atoms with van der Waals surface area (Å²) < 4.78 is 5.75. The Morgan fingerprint density at radius 2 is 2.19 bits per heavy atom. The van der Waals surface area contributed by atoms with Crippen molar-refractivity contribution in [3.63, 3.8) is 0 Å². The summed E-state index contributed by atoms with van der Waals surface area (Å²) in [6.45, 7) is 0.926. The van der Waals surface area contributed by atoms with E-state index in [9.17, 15) is 10.1 Å². The molecular weight excluding hydrogens is 276 g/mol. The van der Waals surface area contributed by atoms with Gasteiger partial charge in [0.2, 0.25) is 11.8 Å². The highest BCUT2D eigenvalue weighted by Gasteiger charge is 2.17. The van der Waals surface area contributed by atoms with Gasteiger partial charge in [0.1, 0.15) is 6.20 Å². The predicted molar refractivity (Wildman–Crippen MR) is 77.8 cm³/mol. The molecule has 0 aromatic carbocycles. The molecule has 0 aliphatic heterocycles. The van der Waals surface area contributed by atoms with Gasteiger partial charge in [0, 0.05) is 6.54 Å². The largest absolute Gasteiger partial charge is 0.376 e. The minimum Gasteiger partial charge on any atom is -0.376 e. The molecule has 21 heavy (non-hydrogen) atoms. The van der Waals surface area contributed by atoms with Gasteiger partial charge in [-0.25, -0.2) is 10.8 Å². The Hall–Kier alpha value is -2.00. The van der Waals surface area contributed by atoms with E-state index in [1.807, 2.05) is 0 Å². The zero-order chi connectivity index (χ0) is 15.1. The summed E-state index contributed by atoms with van der Waals surface area (Å²) in [4.78, 5) is 18.0. The van der Waals surface area contributed by atoms with Gasteiger partial charge in [-0.05, 0) is 12.8 Å². The number of nitrogens with zero attached hydrogens (tertiary/aromatic N) is 3. The standard InChI is InChI=1S/C12H20N6O3/c13-17-12-15-8-10(18(19)20)11(16-12)14-6-7-21-9-4-2-1-3-5-9/h8-9H,1-7,13H2,(H2,14,15,16,17). The lowest BCUT2D eigenvalue weighted by Gasteiger charge is -2.22. The Balaban J connectivity index is 1.84. The number of hydrogen-bond donors (Lipinski definition) is 3. The molecule has 1 aliphatic rings. The average molecular weight is 296 g/mol. The van der Waals surface area contributed by atoms with Gasteiger partial charge in [-0.3, -0.25) is 15.5 Å². The maximum atomic E-state index is 10.9. The van der Waals surface area contributed by atoms with Gasteiger partial charge in [0.25, 0.3) is 0 Å². The van der Waals surface area contributed by atoms with Crippen LogP contribution in [-0.2, 0) is 4.74 Å². The third kappa shape index (κ3) is 4.50. The van der Waals surface area contributed by atoms with Crippen LogP contribution in [0.1, 0.15) is 32.1 Å². The van der Waals surface area contributed by atoms with Crippen LogP contribution in [0.3, 0.4) is 0 Å². The smallest absolute Gasteiger partial charge is 0.329 e. The van der Waals surface area contributed by atoms with E-state index in [-0.39, 0.29) is 17.5 Å². The minimum absolute atomic E-state index is 0.122. The maximum Gasteiger partial charge on any atom is 0.329 e. The molecule has 1 aromatic heterocycles. The van der Waals surface area contributed by atoms with Crippen LogP contribution in [0.25, 0.3) is 0 Å². The number of anilines is 2. The fourth-order valence-corrected chi connectivity index (χ4v) is 2.34. The summed E-state index contributed by atoms with van der Waals surface area (Å²) in [7, 11) is 0. The molecule has 0 bridgehead atoms. The van der Waals surface area contributed by atoms with E-state index in [0.717, 1.165) is 19.0 Å². The van der Waals surface area contributed by atoms with E-state index >= 15 is 0 Å². The molecule has 1 saturated carbocycles. The third-order valence-corrected chi connectivity index (χ3v) is 3.40. The predicted octanol–water partition coefficient (Wildman–Crippen LogP) is 1.43. The van der Waals surface area contributed by atoms with E-state index < -0.39 is 4.92 Å². The summed E-state index contributed by atoms with van der Waals surface area (Å²) in [5, 5.41) is 13.8. The highest BCUT2D eigenvalue weighted by atomic mass is 16.6. The van der Waals surface area contributed by atoms with E-state index in [4.69, 9.17) is 10.6 Å². The Kier molecular flexibility index (Phi) is 5.64. The first-order valence-corrected chi connectivity index (χ1v) is 7.04. The minimum atomic E-state index is -0.537. The number of aromatic nitrogens is 2. The van der Waals surface area contributed by atoms with Gasteiger partial charge >= 0.3 is 5.69 Å². The first-order valence-electron chi connectivity index (χ1n) is 7.04. The quantitative estimate of drug-likeness (QED) is 0.298. The molecule has 0 saturated heterocycles. The third-order valence-electron chi connectivity index (χ3n) is 3.40. The first kappa shape index (κ1) is 15.4. The molecule has 0 radical (unpaired) electrons. The number of rotatable bonds is 7. The van der Waals surface area contributed by atoms with Gasteiger partial charge < -0.3 is 10.1 Å². The van der Waals surface area contributed by atoms with E-state index in [1.54, 1.807) is 0 Å². The van der Waals surface area contributed by atoms with Crippen LogP contribution in [0.15, 0.2) is 6.20 Å². The van der Waals surface area contributed by atoms with Crippen molar-refractivity contribution in [1.82, 2.24) is 9.97 Å². The number of nitrogens with two attached hydrogens (primary N) is 1. The molecule has 1 heterocycles. The van der Waals surface area contributed by atoms with Gasteiger partial charge in [-0.2, -0.15) is 4.98 Å². The fourth-order valence-electron chi connectivity index (χ4n) is 2.34. The number of hydrogen-bond acceptors (Lipinski definition) is 8. The van der Waals surface area contributed by atoms with Crippen LogP contribution in [-0.4, -0.2) is 34.1 Å². The van der Waals surface area contributed by atoms with E-state index in [1.165, 1.54) is 19.3 Å². The Morgan fingerprint density at radius 3 is 2.86 bits per heavy atom. The second kappa shape index (κ2) is 7.70. The van der Waals surface area contributed by atoms with Crippen molar-refractivity contribution in [1.29, 1.82) is 0 Å². The van der Waals surface area contributed by atoms with Crippen LogP contribution in [0, 0.1) is 10.1 Å². The topological polar surface area (TPSA) is 128 Å². The van der Waals surface area contributed by atoms with Crippen molar-refractivity contribution in [2.45, 2.75) is 38.2 Å². The lowest BCUT2D eigenvalue weighted by Crippen LogP contribution is -2.21. The molecule has 1 fully saturated rings. The van der Waals surface area contributed by atoms with Crippen LogP contribution in [0.4, 0.5) is 17.5 Å². The van der Waals surface area contributed by atoms with Crippen LogP contribution >= 0.6 is 0 Å². The van der Waals surface area contributed by atoms with Crippen molar-refractivity contribution >= 4 is 17.5 Å². The van der Waals surface area contributed by atoms with Gasteiger partial charge in [0.05, 0.1) is 17.6 Å². The summed E-state index contributed by atoms with van der Waals surface area (Å²) in [6.07, 6.45) is 7.31. The lowest BCUT2D eigenvalue weighted by atomic mass is 9.98. The van der Waals surface area contributed by atoms with Crippen LogP contribution < -0.4 is 16.6 Å². The molecular formula is C12H20N6O3. The van der Waals surface area contributed by atoms with Crippen molar-refractivity contribution in [2.24, 2.45) is 5.84 Å². The molecule has 0 amide bonds. The zero-order valence-electron chi connectivity index (χ0n) is 11.7. The van der Waals surface area contributed by atoms with Gasteiger partial charge in [0.15, 0.2) is 0 Å². The van der Waals surface area contributed by atoms with Crippen molar-refractivity contribution < 1.29 is 9.66 Å². The zero-order valence-corrected chi connectivity index (χ0v) is 11.7. The molecule has 0 unspecified atom stereocenters. The summed E-state index contributed by atoms with van der Waals surface area (Å²) in [5.74, 6) is 5.46. The first-order chi connectivity index (χ1) is 10.2. The molecule has 4 N–H and O–H groups in total. The summed E-state index contributed by atoms with van der Waals surface area (Å²) in [6, 6.07) is 0. The molecule has 0 atom stereocenters. The van der Waals surface area contributed by atoms with Gasteiger partial charge in [-0.15, -0.1) is 0 Å². The SMILES string of the molecule is NNc1ncc([N+](=O)[O-])c(NCCOC2CCCCC2)n1. The molecule has 9 heteroatoms. The number of nitrogen functional groups attached to an aromatic ring is 1. The second-order valence-electron chi connectivity index (χ2n) is 4.89. The lowest BCUT2D eigenvalue weighted by molar-refractivity contribution is -0.384. The van der Waals surface area contributed by atoms with Crippen molar-refractivity contribution in [3.05, 3.63) is 16.3 Å². The highest BCUT2D eigenvalue weighted by molar-refractivity contribution is 5.56. The van der Waals surface area contributed by atoms with Crippen LogP contribution in [0.5, 0.6) is 0 Å². The number of nitrogens with one attached hydrogen (secondary N) is 2. The fraction of sp³-hybridized carbons (Fsp3) is 0.667. The van der Waals surface area contributed by atoms with E-state index in [0.29, 0.717) is 19.3 Å². The van der Waals surface area contributed by atoms with Crippen molar-refractivity contribution in [2.75, 3.05) is 23.9 Å². The number of nitro groups is 1. The van der Waals surface area contributed by atoms with Crippen molar-refractivity contribution in [3.8, 4) is 0 Å². The molecule has 1 aromatic rings. The summed E-state index contributed by atoms with van der Waals surface area (Å²) >= 11 is 0. The van der Waals surface area contributed by atoms with E-state index in [2.05, 4.69) is 20.7 Å². The monoisotopic (exact) mass is 296 g/mol. The Bertz CT molecular complexity index is 478. The Labute approximate surface area is 122 Å². The molecule has 9 nitrogen and oxygen atoms in total. The molecule has 116 valence electrons. The maximum absolute atomic E-state index is 10.9. The van der Waals surface area contributed by atoms with Crippen LogP contribution in [0.2, 0.25) is 0 Å². The Morgan fingerprint density at radius 1 is 1.43 bits per heavy atom. The molecule has 2 rings (SSSR count). The molecule has 0 spiro atoms. The molecule has 1 aliphatic carbocycles. The highest BCUT2D eigenvalue weighted by Crippen LogP contribution is 2.22. The average Bonchev–Trinajstić information content (AvgIpc) is 2.52. The number of ether oxygens (including phenoxy) is 1.